The van der Waals surface area contributed by atoms with Crippen molar-refractivity contribution in [3.8, 4) is 0 Å². The van der Waals surface area contributed by atoms with Gasteiger partial charge >= 0.3 is 0 Å². The third-order valence-corrected chi connectivity index (χ3v) is 4.66. The number of ether oxygens (including phenoxy) is 1. The van der Waals surface area contributed by atoms with Gasteiger partial charge in [0.1, 0.15) is 0 Å². The first kappa shape index (κ1) is 21.3. The Morgan fingerprint density at radius 2 is 2.11 bits per heavy atom. The van der Waals surface area contributed by atoms with Crippen molar-refractivity contribution in [2.24, 2.45) is 0 Å². The number of benzene rings is 1. The Bertz CT molecular complexity index is 714. The molecule has 2 heterocycles. The summed E-state index contributed by atoms with van der Waals surface area (Å²) < 4.78 is 5.23. The Morgan fingerprint density at radius 3 is 2.85 bits per heavy atom. The molecule has 1 unspecified atom stereocenters. The van der Waals surface area contributed by atoms with Gasteiger partial charge in [-0.3, -0.25) is 14.7 Å². The number of carbonyl (C=O) groups excluding carboxylic acids is 1. The number of aromatic nitrogens is 1. The van der Waals surface area contributed by atoms with Crippen LogP contribution in [0.2, 0.25) is 0 Å². The Hall–Kier alpha value is -1.99. The summed E-state index contributed by atoms with van der Waals surface area (Å²) in [5.74, 6) is 0.0352. The standard InChI is InChI=1S/C20H26N4O2.ClH/c1-26-15-18-6-3-2-5-16(18)12-23-20(25)14-24-10-9-22-13-19(24)17-7-4-8-21-11-17;/h2-8,11,19,22H,9-10,12-15H2,1H3,(H,23,25);1H. The van der Waals surface area contributed by atoms with Crippen LogP contribution >= 0.6 is 12.4 Å². The Kier molecular flexibility index (Phi) is 8.67. The molecule has 27 heavy (non-hydrogen) atoms. The van der Waals surface area contributed by atoms with E-state index in [4.69, 9.17) is 4.74 Å². The van der Waals surface area contributed by atoms with E-state index in [0.29, 0.717) is 19.7 Å². The van der Waals surface area contributed by atoms with Gasteiger partial charge in [0.15, 0.2) is 0 Å². The molecular formula is C20H27ClN4O2. The molecule has 3 rings (SSSR count). The molecule has 7 heteroatoms. The normalized spacial score (nSPS) is 17.1. The third kappa shape index (κ3) is 6.01. The first-order chi connectivity index (χ1) is 12.8. The van der Waals surface area contributed by atoms with E-state index in [9.17, 15) is 4.79 Å². The van der Waals surface area contributed by atoms with E-state index < -0.39 is 0 Å². The monoisotopic (exact) mass is 390 g/mol. The van der Waals surface area contributed by atoms with Gasteiger partial charge in [-0.2, -0.15) is 0 Å². The fourth-order valence-corrected chi connectivity index (χ4v) is 3.30. The van der Waals surface area contributed by atoms with Crippen LogP contribution in [0.1, 0.15) is 22.7 Å². The topological polar surface area (TPSA) is 66.5 Å². The lowest BCUT2D eigenvalue weighted by atomic mass is 10.1. The fourth-order valence-electron chi connectivity index (χ4n) is 3.30. The molecule has 1 aromatic carbocycles. The number of amides is 1. The first-order valence-corrected chi connectivity index (χ1v) is 8.95. The molecule has 2 aromatic rings. The van der Waals surface area contributed by atoms with E-state index in [0.717, 1.165) is 36.3 Å². The zero-order valence-corrected chi connectivity index (χ0v) is 16.4. The van der Waals surface area contributed by atoms with Gasteiger partial charge in [-0.15, -0.1) is 12.4 Å². The molecule has 1 atom stereocenters. The van der Waals surface area contributed by atoms with Gasteiger partial charge in [0.05, 0.1) is 13.2 Å². The van der Waals surface area contributed by atoms with Crippen LogP contribution in [-0.2, 0) is 22.7 Å². The van der Waals surface area contributed by atoms with Gasteiger partial charge < -0.3 is 15.4 Å². The summed E-state index contributed by atoms with van der Waals surface area (Å²) in [6.07, 6.45) is 3.65. The predicted octanol–water partition coefficient (Wildman–Crippen LogP) is 1.91. The molecular weight excluding hydrogens is 364 g/mol. The zero-order valence-electron chi connectivity index (χ0n) is 15.6. The molecule has 0 spiro atoms. The van der Waals surface area contributed by atoms with Gasteiger partial charge in [0.25, 0.3) is 0 Å². The number of hydrogen-bond donors (Lipinski definition) is 2. The SMILES string of the molecule is COCc1ccccc1CNC(=O)CN1CCNCC1c1cccnc1.Cl. The van der Waals surface area contributed by atoms with Crippen molar-refractivity contribution in [3.05, 3.63) is 65.5 Å². The van der Waals surface area contributed by atoms with Crippen molar-refractivity contribution in [2.45, 2.75) is 19.2 Å². The second-order valence-electron chi connectivity index (χ2n) is 6.46. The van der Waals surface area contributed by atoms with E-state index in [2.05, 4.69) is 26.6 Å². The van der Waals surface area contributed by atoms with Gasteiger partial charge in [-0.05, 0) is 22.8 Å². The molecule has 0 bridgehead atoms. The minimum atomic E-state index is 0. The maximum atomic E-state index is 12.5. The van der Waals surface area contributed by atoms with Gasteiger partial charge in [0, 0.05) is 51.7 Å². The van der Waals surface area contributed by atoms with Crippen molar-refractivity contribution in [3.63, 3.8) is 0 Å². The Morgan fingerprint density at radius 1 is 1.30 bits per heavy atom. The highest BCUT2D eigenvalue weighted by Crippen LogP contribution is 2.20. The van der Waals surface area contributed by atoms with Crippen molar-refractivity contribution in [2.75, 3.05) is 33.3 Å². The van der Waals surface area contributed by atoms with Crippen LogP contribution in [0.15, 0.2) is 48.8 Å². The average Bonchev–Trinajstić information content (AvgIpc) is 2.69. The summed E-state index contributed by atoms with van der Waals surface area (Å²) in [4.78, 5) is 18.9. The molecule has 1 aliphatic rings. The minimum absolute atomic E-state index is 0. The van der Waals surface area contributed by atoms with E-state index in [1.807, 2.05) is 36.5 Å². The van der Waals surface area contributed by atoms with Gasteiger partial charge in [-0.1, -0.05) is 30.3 Å². The highest BCUT2D eigenvalue weighted by molar-refractivity contribution is 5.85. The third-order valence-electron chi connectivity index (χ3n) is 4.66. The van der Waals surface area contributed by atoms with Crippen LogP contribution in [0.3, 0.4) is 0 Å². The highest BCUT2D eigenvalue weighted by Gasteiger charge is 2.25. The lowest BCUT2D eigenvalue weighted by Crippen LogP contribution is -2.49. The first-order valence-electron chi connectivity index (χ1n) is 8.95. The summed E-state index contributed by atoms with van der Waals surface area (Å²) in [6, 6.07) is 12.2. The van der Waals surface area contributed by atoms with E-state index in [1.165, 1.54) is 0 Å². The van der Waals surface area contributed by atoms with Crippen LogP contribution < -0.4 is 10.6 Å². The molecule has 1 fully saturated rings. The lowest BCUT2D eigenvalue weighted by Gasteiger charge is -2.35. The van der Waals surface area contributed by atoms with E-state index >= 15 is 0 Å². The van der Waals surface area contributed by atoms with Gasteiger partial charge in [-0.25, -0.2) is 0 Å². The molecule has 6 nitrogen and oxygen atoms in total. The number of nitrogens with zero attached hydrogens (tertiary/aromatic N) is 2. The number of piperazine rings is 1. The predicted molar refractivity (Wildman–Crippen MR) is 108 cm³/mol. The molecule has 1 amide bonds. The van der Waals surface area contributed by atoms with Crippen LogP contribution in [0.5, 0.6) is 0 Å². The van der Waals surface area contributed by atoms with Gasteiger partial charge in [0.2, 0.25) is 5.91 Å². The highest BCUT2D eigenvalue weighted by atomic mass is 35.5. The second kappa shape index (κ2) is 11.0. The summed E-state index contributed by atoms with van der Waals surface area (Å²) in [6.45, 7) is 4.01. The van der Waals surface area contributed by atoms with Crippen molar-refractivity contribution < 1.29 is 9.53 Å². The Balaban J connectivity index is 0.00000261. The number of nitrogens with one attached hydrogen (secondary N) is 2. The minimum Gasteiger partial charge on any atom is -0.380 e. The second-order valence-corrected chi connectivity index (χ2v) is 6.46. The van der Waals surface area contributed by atoms with Crippen molar-refractivity contribution in [1.82, 2.24) is 20.5 Å². The largest absolute Gasteiger partial charge is 0.380 e. The van der Waals surface area contributed by atoms with Crippen LogP contribution in [0, 0.1) is 0 Å². The summed E-state index contributed by atoms with van der Waals surface area (Å²) in [5, 5.41) is 6.45. The number of rotatable bonds is 7. The number of pyridine rings is 1. The smallest absolute Gasteiger partial charge is 0.234 e. The maximum absolute atomic E-state index is 12.5. The molecule has 0 radical (unpaired) electrons. The van der Waals surface area contributed by atoms with Crippen molar-refractivity contribution in [1.29, 1.82) is 0 Å². The number of carbonyl (C=O) groups is 1. The zero-order chi connectivity index (χ0) is 18.2. The summed E-state index contributed by atoms with van der Waals surface area (Å²) in [5.41, 5.74) is 3.33. The number of halogens is 1. The molecule has 1 aromatic heterocycles. The number of methoxy groups -OCH3 is 1. The average molecular weight is 391 g/mol. The number of hydrogen-bond acceptors (Lipinski definition) is 5. The molecule has 146 valence electrons. The Labute approximate surface area is 166 Å². The van der Waals surface area contributed by atoms with Crippen LogP contribution in [-0.4, -0.2) is 49.1 Å². The molecule has 2 N–H and O–H groups in total. The lowest BCUT2D eigenvalue weighted by molar-refractivity contribution is -0.123. The summed E-state index contributed by atoms with van der Waals surface area (Å²) in [7, 11) is 1.68. The quantitative estimate of drug-likeness (QED) is 0.756. The molecule has 1 aliphatic heterocycles. The van der Waals surface area contributed by atoms with Crippen molar-refractivity contribution >= 4 is 18.3 Å². The van der Waals surface area contributed by atoms with E-state index in [-0.39, 0.29) is 24.4 Å². The maximum Gasteiger partial charge on any atom is 0.234 e. The summed E-state index contributed by atoms with van der Waals surface area (Å²) >= 11 is 0. The fraction of sp³-hybridized carbons (Fsp3) is 0.400. The van der Waals surface area contributed by atoms with Crippen LogP contribution in [0.4, 0.5) is 0 Å². The molecule has 0 aliphatic carbocycles. The molecule has 1 saturated heterocycles. The van der Waals surface area contributed by atoms with E-state index in [1.54, 1.807) is 13.3 Å². The van der Waals surface area contributed by atoms with Crippen LogP contribution in [0.25, 0.3) is 0 Å². The molecule has 0 saturated carbocycles.